The van der Waals surface area contributed by atoms with Crippen LogP contribution in [0.2, 0.25) is 0 Å². The number of amides is 3. The van der Waals surface area contributed by atoms with E-state index in [0.29, 0.717) is 11.7 Å². The van der Waals surface area contributed by atoms with E-state index < -0.39 is 17.2 Å². The summed E-state index contributed by atoms with van der Waals surface area (Å²) in [5, 5.41) is 11.2. The maximum absolute atomic E-state index is 12.3. The van der Waals surface area contributed by atoms with Crippen molar-refractivity contribution < 1.29 is 9.59 Å². The quantitative estimate of drug-likeness (QED) is 0.727. The predicted octanol–water partition coefficient (Wildman–Crippen LogP) is 1.48. The van der Waals surface area contributed by atoms with Crippen LogP contribution >= 0.6 is 11.8 Å². The number of benzene rings is 1. The molecule has 2 rings (SSSR count). The van der Waals surface area contributed by atoms with Crippen LogP contribution in [0.4, 0.5) is 4.79 Å². The van der Waals surface area contributed by atoms with Crippen LogP contribution in [0, 0.1) is 0 Å². The molecule has 2 aromatic rings. The van der Waals surface area contributed by atoms with Gasteiger partial charge in [0.25, 0.3) is 0 Å². The first-order chi connectivity index (χ1) is 10.2. The number of hydrogen-bond acceptors (Lipinski definition) is 5. The molecule has 0 radical (unpaired) electrons. The second-order valence-corrected chi connectivity index (χ2v) is 5.14. The summed E-state index contributed by atoms with van der Waals surface area (Å²) in [5.41, 5.74) is 0.778. The van der Waals surface area contributed by atoms with Crippen molar-refractivity contribution in [2.45, 2.75) is 17.3 Å². The van der Waals surface area contributed by atoms with Crippen LogP contribution in [-0.2, 0) is 4.79 Å². The Morgan fingerprint density at radius 2 is 2.10 bits per heavy atom. The van der Waals surface area contributed by atoms with Gasteiger partial charge in [0.15, 0.2) is 5.16 Å². The Labute approximate surface area is 125 Å². The van der Waals surface area contributed by atoms with Gasteiger partial charge in [-0.3, -0.25) is 15.2 Å². The first-order valence-corrected chi connectivity index (χ1v) is 7.24. The third kappa shape index (κ3) is 4.32. The number of nitrogens with zero attached hydrogens (tertiary/aromatic N) is 2. The minimum absolute atomic E-state index is 0.409. The standard InChI is InChI=1S/C13H15N5O2S/c1-2-14-12(20)17-11(19)10(9-6-4-3-5-7-9)21-13-15-8-16-18-13/h3-8,10H,2H2,1H3,(H,15,16,18)(H2,14,17,19,20)/t10-/m0/s1. The highest BCUT2D eigenvalue weighted by atomic mass is 32.2. The predicted molar refractivity (Wildman–Crippen MR) is 78.6 cm³/mol. The van der Waals surface area contributed by atoms with Crippen LogP contribution in [0.25, 0.3) is 0 Å². The van der Waals surface area contributed by atoms with Crippen molar-refractivity contribution in [3.63, 3.8) is 0 Å². The molecule has 21 heavy (non-hydrogen) atoms. The van der Waals surface area contributed by atoms with E-state index in [0.717, 1.165) is 5.56 Å². The summed E-state index contributed by atoms with van der Waals surface area (Å²) in [5.74, 6) is -0.409. The van der Waals surface area contributed by atoms with Crippen LogP contribution in [0.3, 0.4) is 0 Å². The lowest BCUT2D eigenvalue weighted by atomic mass is 10.1. The summed E-state index contributed by atoms with van der Waals surface area (Å²) >= 11 is 1.20. The van der Waals surface area contributed by atoms with Crippen LogP contribution in [0.1, 0.15) is 17.7 Å². The first-order valence-electron chi connectivity index (χ1n) is 6.36. The Hall–Kier alpha value is -2.35. The highest BCUT2D eigenvalue weighted by Crippen LogP contribution is 2.32. The Morgan fingerprint density at radius 1 is 1.33 bits per heavy atom. The molecule has 110 valence electrons. The molecule has 1 atom stereocenters. The molecule has 0 bridgehead atoms. The molecule has 8 heteroatoms. The van der Waals surface area contributed by atoms with Crippen molar-refractivity contribution in [2.75, 3.05) is 6.54 Å². The number of urea groups is 1. The molecule has 1 aromatic heterocycles. The molecule has 3 N–H and O–H groups in total. The minimum Gasteiger partial charge on any atom is -0.338 e. The fraction of sp³-hybridized carbons (Fsp3) is 0.231. The van der Waals surface area contributed by atoms with Gasteiger partial charge in [-0.25, -0.2) is 9.78 Å². The average molecular weight is 305 g/mol. The molecule has 0 aliphatic carbocycles. The lowest BCUT2D eigenvalue weighted by Crippen LogP contribution is -2.41. The molecule has 0 spiro atoms. The van der Waals surface area contributed by atoms with E-state index in [1.54, 1.807) is 6.92 Å². The van der Waals surface area contributed by atoms with E-state index in [2.05, 4.69) is 25.8 Å². The number of hydrogen-bond donors (Lipinski definition) is 3. The number of carbonyl (C=O) groups is 2. The summed E-state index contributed by atoms with van der Waals surface area (Å²) in [6.07, 6.45) is 1.37. The fourth-order valence-corrected chi connectivity index (χ4v) is 2.54. The van der Waals surface area contributed by atoms with Crippen LogP contribution in [-0.4, -0.2) is 33.7 Å². The maximum Gasteiger partial charge on any atom is 0.321 e. The SMILES string of the molecule is CCNC(=O)NC(=O)[C@@H](Sc1ncn[nH]1)c1ccccc1. The lowest BCUT2D eigenvalue weighted by molar-refractivity contribution is -0.119. The van der Waals surface area contributed by atoms with Gasteiger partial charge < -0.3 is 5.32 Å². The van der Waals surface area contributed by atoms with Crippen LogP contribution in [0.5, 0.6) is 0 Å². The molecular formula is C13H15N5O2S. The summed E-state index contributed by atoms with van der Waals surface area (Å²) in [6, 6.07) is 8.67. The third-order valence-corrected chi connectivity index (χ3v) is 3.68. The number of H-pyrrole nitrogens is 1. The van der Waals surface area contributed by atoms with E-state index >= 15 is 0 Å². The zero-order valence-electron chi connectivity index (χ0n) is 11.4. The van der Waals surface area contributed by atoms with Crippen molar-refractivity contribution in [1.29, 1.82) is 0 Å². The van der Waals surface area contributed by atoms with Crippen LogP contribution in [0.15, 0.2) is 41.8 Å². The van der Waals surface area contributed by atoms with Gasteiger partial charge in [-0.05, 0) is 12.5 Å². The number of thioether (sulfide) groups is 1. The molecule has 0 aliphatic heterocycles. The summed E-state index contributed by atoms with van der Waals surface area (Å²) in [7, 11) is 0. The largest absolute Gasteiger partial charge is 0.338 e. The normalized spacial score (nSPS) is 11.7. The number of aromatic amines is 1. The number of imide groups is 1. The molecule has 1 aromatic carbocycles. The molecule has 0 saturated heterocycles. The summed E-state index contributed by atoms with van der Waals surface area (Å²) < 4.78 is 0. The molecule has 7 nitrogen and oxygen atoms in total. The van der Waals surface area contributed by atoms with Gasteiger partial charge in [0.1, 0.15) is 11.6 Å². The van der Waals surface area contributed by atoms with E-state index in [1.165, 1.54) is 18.1 Å². The Balaban J connectivity index is 2.15. The number of nitrogens with one attached hydrogen (secondary N) is 3. The number of aromatic nitrogens is 3. The van der Waals surface area contributed by atoms with Crippen molar-refractivity contribution in [2.24, 2.45) is 0 Å². The molecule has 0 aliphatic rings. The third-order valence-electron chi connectivity index (χ3n) is 2.54. The number of rotatable bonds is 5. The Morgan fingerprint density at radius 3 is 2.71 bits per heavy atom. The van der Waals surface area contributed by atoms with Gasteiger partial charge in [0.2, 0.25) is 5.91 Å². The van der Waals surface area contributed by atoms with Crippen molar-refractivity contribution in [3.8, 4) is 0 Å². The molecule has 0 fully saturated rings. The van der Waals surface area contributed by atoms with E-state index in [1.807, 2.05) is 30.3 Å². The van der Waals surface area contributed by atoms with Gasteiger partial charge in [-0.1, -0.05) is 42.1 Å². The van der Waals surface area contributed by atoms with Gasteiger partial charge in [0.05, 0.1) is 0 Å². The van der Waals surface area contributed by atoms with Crippen molar-refractivity contribution >= 4 is 23.7 Å². The van der Waals surface area contributed by atoms with E-state index in [4.69, 9.17) is 0 Å². The topological polar surface area (TPSA) is 99.8 Å². The zero-order chi connectivity index (χ0) is 15.1. The zero-order valence-corrected chi connectivity index (χ0v) is 12.2. The monoisotopic (exact) mass is 305 g/mol. The lowest BCUT2D eigenvalue weighted by Gasteiger charge is -2.15. The fourth-order valence-electron chi connectivity index (χ4n) is 1.65. The molecule has 0 unspecified atom stereocenters. The molecule has 3 amide bonds. The number of carbonyl (C=O) groups excluding carboxylic acids is 2. The maximum atomic E-state index is 12.3. The van der Waals surface area contributed by atoms with Crippen molar-refractivity contribution in [1.82, 2.24) is 25.8 Å². The van der Waals surface area contributed by atoms with E-state index in [-0.39, 0.29) is 0 Å². The summed E-state index contributed by atoms with van der Waals surface area (Å²) in [4.78, 5) is 27.8. The van der Waals surface area contributed by atoms with Gasteiger partial charge in [-0.2, -0.15) is 5.10 Å². The second kappa shape index (κ2) is 7.44. The highest BCUT2D eigenvalue weighted by molar-refractivity contribution is 8.00. The van der Waals surface area contributed by atoms with Gasteiger partial charge in [-0.15, -0.1) is 0 Å². The smallest absolute Gasteiger partial charge is 0.321 e. The van der Waals surface area contributed by atoms with Crippen LogP contribution < -0.4 is 10.6 Å². The Kier molecular flexibility index (Phi) is 5.33. The second-order valence-electron chi connectivity index (χ2n) is 4.05. The first kappa shape index (κ1) is 15.0. The van der Waals surface area contributed by atoms with Gasteiger partial charge in [0, 0.05) is 6.54 Å². The minimum atomic E-state index is -0.596. The molecule has 1 heterocycles. The molecule has 0 saturated carbocycles. The highest BCUT2D eigenvalue weighted by Gasteiger charge is 2.24. The van der Waals surface area contributed by atoms with E-state index in [9.17, 15) is 9.59 Å². The summed E-state index contributed by atoms with van der Waals surface area (Å²) in [6.45, 7) is 2.23. The molecular weight excluding hydrogens is 290 g/mol. The average Bonchev–Trinajstić information content (AvgIpc) is 2.99. The Bertz CT molecular complexity index is 588. The van der Waals surface area contributed by atoms with Gasteiger partial charge >= 0.3 is 6.03 Å². The van der Waals surface area contributed by atoms with Crippen molar-refractivity contribution in [3.05, 3.63) is 42.2 Å².